The zero-order valence-electron chi connectivity index (χ0n) is 13.4. The van der Waals surface area contributed by atoms with Gasteiger partial charge < -0.3 is 15.1 Å². The summed E-state index contributed by atoms with van der Waals surface area (Å²) in [4.78, 5) is 28.4. The van der Waals surface area contributed by atoms with E-state index in [4.69, 9.17) is 0 Å². The van der Waals surface area contributed by atoms with E-state index in [1.165, 1.54) is 0 Å². The van der Waals surface area contributed by atoms with Crippen molar-refractivity contribution >= 4 is 11.8 Å². The summed E-state index contributed by atoms with van der Waals surface area (Å²) in [7, 11) is 1.97. The largest absolute Gasteiger partial charge is 0.343 e. The molecule has 2 aliphatic heterocycles. The third-order valence-corrected chi connectivity index (χ3v) is 4.80. The molecule has 0 radical (unpaired) electrons. The summed E-state index contributed by atoms with van der Waals surface area (Å²) in [5.41, 5.74) is 0. The Morgan fingerprint density at radius 1 is 1.10 bits per heavy atom. The Bertz CT molecular complexity index is 365. The minimum absolute atomic E-state index is 0.117. The minimum atomic E-state index is 0.117. The van der Waals surface area contributed by atoms with Crippen molar-refractivity contribution < 1.29 is 9.59 Å². The first kappa shape index (κ1) is 16.3. The number of carbonyl (C=O) groups is 2. The molecule has 2 amide bonds. The van der Waals surface area contributed by atoms with Crippen molar-refractivity contribution in [2.24, 2.45) is 5.92 Å². The zero-order chi connectivity index (χ0) is 15.2. The van der Waals surface area contributed by atoms with Gasteiger partial charge in [-0.15, -0.1) is 0 Å². The molecule has 0 aromatic heterocycles. The summed E-state index contributed by atoms with van der Waals surface area (Å²) < 4.78 is 0. The molecule has 1 unspecified atom stereocenters. The van der Waals surface area contributed by atoms with Crippen LogP contribution < -0.4 is 5.32 Å². The third-order valence-electron chi connectivity index (χ3n) is 4.80. The topological polar surface area (TPSA) is 52.7 Å². The van der Waals surface area contributed by atoms with Gasteiger partial charge in [0.15, 0.2) is 0 Å². The molecule has 0 aliphatic carbocycles. The van der Waals surface area contributed by atoms with Gasteiger partial charge in [-0.3, -0.25) is 9.59 Å². The summed E-state index contributed by atoms with van der Waals surface area (Å²) in [5, 5.41) is 3.28. The minimum Gasteiger partial charge on any atom is -0.343 e. The van der Waals surface area contributed by atoms with Gasteiger partial charge in [0.2, 0.25) is 11.8 Å². The molecule has 0 spiro atoms. The van der Waals surface area contributed by atoms with Gasteiger partial charge in [-0.2, -0.15) is 0 Å². The fraction of sp³-hybridized carbons (Fsp3) is 0.875. The number of nitrogens with one attached hydrogen (secondary N) is 1. The van der Waals surface area contributed by atoms with Crippen molar-refractivity contribution in [2.75, 3.05) is 33.2 Å². The maximum absolute atomic E-state index is 12.6. The number of nitrogens with zero attached hydrogens (tertiary/aromatic N) is 2. The molecule has 0 bridgehead atoms. The second-order valence-corrected chi connectivity index (χ2v) is 6.32. The molecule has 5 nitrogen and oxygen atoms in total. The van der Waals surface area contributed by atoms with E-state index < -0.39 is 0 Å². The van der Waals surface area contributed by atoms with Crippen LogP contribution >= 0.6 is 0 Å². The molecule has 0 aromatic carbocycles. The predicted molar refractivity (Wildman–Crippen MR) is 82.9 cm³/mol. The highest BCUT2D eigenvalue weighted by Crippen LogP contribution is 2.22. The Labute approximate surface area is 128 Å². The van der Waals surface area contributed by atoms with Crippen LogP contribution in [-0.2, 0) is 9.59 Å². The van der Waals surface area contributed by atoms with Gasteiger partial charge in [-0.25, -0.2) is 0 Å². The third kappa shape index (κ3) is 4.19. The summed E-state index contributed by atoms with van der Waals surface area (Å²) in [6, 6.07) is 0.439. The average molecular weight is 295 g/mol. The van der Waals surface area contributed by atoms with Crippen LogP contribution in [0.25, 0.3) is 0 Å². The van der Waals surface area contributed by atoms with Gasteiger partial charge in [-0.05, 0) is 39.2 Å². The quantitative estimate of drug-likeness (QED) is 0.849. The maximum atomic E-state index is 12.6. The first-order valence-corrected chi connectivity index (χ1v) is 8.39. The van der Waals surface area contributed by atoms with E-state index in [1.807, 2.05) is 23.8 Å². The normalized spacial score (nSPS) is 24.2. The molecular formula is C16H29N3O2. The Morgan fingerprint density at radius 3 is 2.43 bits per heavy atom. The molecular weight excluding hydrogens is 266 g/mol. The molecule has 2 fully saturated rings. The van der Waals surface area contributed by atoms with Crippen LogP contribution in [0, 0.1) is 5.92 Å². The van der Waals surface area contributed by atoms with E-state index in [-0.39, 0.29) is 11.8 Å². The number of rotatable bonds is 4. The highest BCUT2D eigenvalue weighted by Gasteiger charge is 2.31. The lowest BCUT2D eigenvalue weighted by atomic mass is 9.93. The Hall–Kier alpha value is -1.10. The smallest absolute Gasteiger partial charge is 0.225 e. The fourth-order valence-electron chi connectivity index (χ4n) is 3.42. The SMILES string of the molecule is CCCC(=O)N1CCC(C(=O)N2CCCC(NC)C2)CC1. The van der Waals surface area contributed by atoms with Crippen molar-refractivity contribution in [3.63, 3.8) is 0 Å². The lowest BCUT2D eigenvalue weighted by molar-refractivity contribution is -0.141. The standard InChI is InChI=1S/C16H29N3O2/c1-3-5-15(20)18-10-7-13(8-11-18)16(21)19-9-4-6-14(12-19)17-2/h13-14,17H,3-12H2,1-2H3. The zero-order valence-corrected chi connectivity index (χ0v) is 13.4. The van der Waals surface area contributed by atoms with E-state index in [0.29, 0.717) is 18.4 Å². The Morgan fingerprint density at radius 2 is 1.81 bits per heavy atom. The van der Waals surface area contributed by atoms with Gasteiger partial charge in [0.25, 0.3) is 0 Å². The molecule has 21 heavy (non-hydrogen) atoms. The van der Waals surface area contributed by atoms with E-state index in [1.54, 1.807) is 0 Å². The number of carbonyl (C=O) groups excluding carboxylic acids is 2. The molecule has 0 saturated carbocycles. The summed E-state index contributed by atoms with van der Waals surface area (Å²) in [6.07, 6.45) is 5.44. The van der Waals surface area contributed by atoms with Gasteiger partial charge in [0.1, 0.15) is 0 Å². The number of amides is 2. The highest BCUT2D eigenvalue weighted by atomic mass is 16.2. The van der Waals surface area contributed by atoms with E-state index in [2.05, 4.69) is 5.32 Å². The van der Waals surface area contributed by atoms with E-state index in [9.17, 15) is 9.59 Å². The Kier molecular flexibility index (Phi) is 6.03. The molecule has 0 aromatic rings. The lowest BCUT2D eigenvalue weighted by Crippen LogP contribution is -2.50. The lowest BCUT2D eigenvalue weighted by Gasteiger charge is -2.37. The van der Waals surface area contributed by atoms with Gasteiger partial charge >= 0.3 is 0 Å². The molecule has 1 atom stereocenters. The van der Waals surface area contributed by atoms with Crippen LogP contribution in [-0.4, -0.2) is 60.9 Å². The molecule has 1 N–H and O–H groups in total. The first-order chi connectivity index (χ1) is 10.2. The Balaban J connectivity index is 1.81. The number of piperidine rings is 2. The van der Waals surface area contributed by atoms with E-state index in [0.717, 1.165) is 58.3 Å². The van der Waals surface area contributed by atoms with Crippen molar-refractivity contribution in [2.45, 2.75) is 51.5 Å². The fourth-order valence-corrected chi connectivity index (χ4v) is 3.42. The molecule has 2 saturated heterocycles. The van der Waals surface area contributed by atoms with E-state index >= 15 is 0 Å². The summed E-state index contributed by atoms with van der Waals surface area (Å²) >= 11 is 0. The molecule has 2 rings (SSSR count). The number of likely N-dealkylation sites (tertiary alicyclic amines) is 2. The highest BCUT2D eigenvalue weighted by molar-refractivity contribution is 5.80. The van der Waals surface area contributed by atoms with Crippen LogP contribution in [0.3, 0.4) is 0 Å². The number of hydrogen-bond donors (Lipinski definition) is 1. The van der Waals surface area contributed by atoms with Crippen molar-refractivity contribution in [1.82, 2.24) is 15.1 Å². The van der Waals surface area contributed by atoms with Crippen molar-refractivity contribution in [1.29, 1.82) is 0 Å². The predicted octanol–water partition coefficient (Wildman–Crippen LogP) is 1.24. The molecule has 120 valence electrons. The average Bonchev–Trinajstić information content (AvgIpc) is 2.54. The maximum Gasteiger partial charge on any atom is 0.225 e. The number of hydrogen-bond acceptors (Lipinski definition) is 3. The van der Waals surface area contributed by atoms with Crippen molar-refractivity contribution in [3.8, 4) is 0 Å². The van der Waals surface area contributed by atoms with Crippen LogP contribution in [0.2, 0.25) is 0 Å². The van der Waals surface area contributed by atoms with Gasteiger partial charge in [0.05, 0.1) is 0 Å². The molecule has 5 heteroatoms. The second kappa shape index (κ2) is 7.78. The monoisotopic (exact) mass is 295 g/mol. The molecule has 2 aliphatic rings. The van der Waals surface area contributed by atoms with Crippen LogP contribution in [0.4, 0.5) is 0 Å². The van der Waals surface area contributed by atoms with Crippen LogP contribution in [0.1, 0.15) is 45.4 Å². The van der Waals surface area contributed by atoms with Gasteiger partial charge in [-0.1, -0.05) is 6.92 Å². The van der Waals surface area contributed by atoms with Crippen LogP contribution in [0.5, 0.6) is 0 Å². The van der Waals surface area contributed by atoms with Gasteiger partial charge in [0, 0.05) is 44.6 Å². The second-order valence-electron chi connectivity index (χ2n) is 6.32. The molecule has 2 heterocycles. The summed E-state index contributed by atoms with van der Waals surface area (Å²) in [5.74, 6) is 0.667. The van der Waals surface area contributed by atoms with Crippen LogP contribution in [0.15, 0.2) is 0 Å². The first-order valence-electron chi connectivity index (χ1n) is 8.39. The number of likely N-dealkylation sites (N-methyl/N-ethyl adjacent to an activating group) is 1. The van der Waals surface area contributed by atoms with Crippen molar-refractivity contribution in [3.05, 3.63) is 0 Å². The summed E-state index contributed by atoms with van der Waals surface area (Å²) in [6.45, 7) is 5.26.